The van der Waals surface area contributed by atoms with Gasteiger partial charge < -0.3 is 10.3 Å². The molecule has 0 aliphatic carbocycles. The number of H-pyrrole nitrogens is 1. The molecule has 1 amide bonds. The van der Waals surface area contributed by atoms with Crippen molar-refractivity contribution < 1.29 is 4.79 Å². The van der Waals surface area contributed by atoms with E-state index in [1.165, 1.54) is 0 Å². The summed E-state index contributed by atoms with van der Waals surface area (Å²) in [6.07, 6.45) is 3.40. The molecule has 7 heteroatoms. The lowest BCUT2D eigenvalue weighted by Gasteiger charge is -2.12. The van der Waals surface area contributed by atoms with Crippen LogP contribution in [0.25, 0.3) is 10.9 Å². The first-order chi connectivity index (χ1) is 13.3. The molecule has 0 aliphatic heterocycles. The van der Waals surface area contributed by atoms with Gasteiger partial charge in [-0.1, -0.05) is 24.9 Å². The molecule has 3 aromatic rings. The molecule has 6 nitrogen and oxygen atoms in total. The van der Waals surface area contributed by atoms with Crippen LogP contribution in [0.3, 0.4) is 0 Å². The monoisotopic (exact) mass is 400 g/mol. The molecule has 2 heterocycles. The van der Waals surface area contributed by atoms with E-state index < -0.39 is 0 Å². The summed E-state index contributed by atoms with van der Waals surface area (Å²) in [5.41, 5.74) is 3.49. The highest BCUT2D eigenvalue weighted by atomic mass is 35.5. The van der Waals surface area contributed by atoms with E-state index in [0.717, 1.165) is 35.0 Å². The molecule has 0 spiro atoms. The molecule has 0 aliphatic rings. The first-order valence-corrected chi connectivity index (χ1v) is 9.86. The Bertz CT molecular complexity index is 1080. The number of aromatic nitrogens is 3. The molecular formula is C21H25ClN4O2. The lowest BCUT2D eigenvalue weighted by Crippen LogP contribution is -2.28. The SMILES string of the molecule is CCCc1cc(C)[nH]c(=O)c1CNC(=O)c1cc(Cl)cc2c1cnn2C(C)C. The van der Waals surface area contributed by atoms with Crippen molar-refractivity contribution in [2.24, 2.45) is 0 Å². The van der Waals surface area contributed by atoms with Crippen LogP contribution in [0.1, 0.15) is 60.4 Å². The van der Waals surface area contributed by atoms with Crippen molar-refractivity contribution in [3.8, 4) is 0 Å². The molecule has 0 fully saturated rings. The molecule has 148 valence electrons. The number of carbonyl (C=O) groups excluding carboxylic acids is 1. The molecular weight excluding hydrogens is 376 g/mol. The number of carbonyl (C=O) groups is 1. The topological polar surface area (TPSA) is 79.8 Å². The van der Waals surface area contributed by atoms with Gasteiger partial charge in [0.25, 0.3) is 11.5 Å². The van der Waals surface area contributed by atoms with Gasteiger partial charge in [-0.05, 0) is 51.0 Å². The smallest absolute Gasteiger partial charge is 0.253 e. The Kier molecular flexibility index (Phi) is 5.89. The largest absolute Gasteiger partial charge is 0.348 e. The van der Waals surface area contributed by atoms with Crippen LogP contribution in [0.4, 0.5) is 0 Å². The van der Waals surface area contributed by atoms with Crippen LogP contribution < -0.4 is 10.9 Å². The van der Waals surface area contributed by atoms with Crippen molar-refractivity contribution in [3.63, 3.8) is 0 Å². The Morgan fingerprint density at radius 3 is 2.75 bits per heavy atom. The summed E-state index contributed by atoms with van der Waals surface area (Å²) in [7, 11) is 0. The zero-order valence-electron chi connectivity index (χ0n) is 16.6. The van der Waals surface area contributed by atoms with E-state index in [1.807, 2.05) is 37.6 Å². The van der Waals surface area contributed by atoms with Gasteiger partial charge in [-0.25, -0.2) is 0 Å². The number of fused-ring (bicyclic) bond motifs is 1. The summed E-state index contributed by atoms with van der Waals surface area (Å²) in [6.45, 7) is 8.13. The molecule has 2 aromatic heterocycles. The first kappa shape index (κ1) is 20.1. The highest BCUT2D eigenvalue weighted by Gasteiger charge is 2.17. The molecule has 2 N–H and O–H groups in total. The normalized spacial score (nSPS) is 11.4. The first-order valence-electron chi connectivity index (χ1n) is 9.48. The molecule has 1 aromatic carbocycles. The fourth-order valence-electron chi connectivity index (χ4n) is 3.45. The lowest BCUT2D eigenvalue weighted by atomic mass is 10.0. The van der Waals surface area contributed by atoms with E-state index in [0.29, 0.717) is 16.1 Å². The number of hydrogen-bond donors (Lipinski definition) is 2. The third kappa shape index (κ3) is 3.97. The molecule has 3 rings (SSSR count). The quantitative estimate of drug-likeness (QED) is 0.652. The second-order valence-electron chi connectivity index (χ2n) is 7.29. The van der Waals surface area contributed by atoms with Crippen molar-refractivity contribution in [3.05, 3.63) is 62.2 Å². The number of amides is 1. The van der Waals surface area contributed by atoms with E-state index in [9.17, 15) is 9.59 Å². The summed E-state index contributed by atoms with van der Waals surface area (Å²) in [4.78, 5) is 28.1. The van der Waals surface area contributed by atoms with Crippen molar-refractivity contribution in [1.29, 1.82) is 0 Å². The fraction of sp³-hybridized carbons (Fsp3) is 0.381. The van der Waals surface area contributed by atoms with Crippen molar-refractivity contribution >= 4 is 28.4 Å². The van der Waals surface area contributed by atoms with E-state index in [1.54, 1.807) is 12.3 Å². The van der Waals surface area contributed by atoms with Crippen LogP contribution in [0.2, 0.25) is 5.02 Å². The Hall–Kier alpha value is -2.60. The Morgan fingerprint density at radius 2 is 2.07 bits per heavy atom. The van der Waals surface area contributed by atoms with Gasteiger partial charge >= 0.3 is 0 Å². The molecule has 0 bridgehead atoms. The van der Waals surface area contributed by atoms with Crippen LogP contribution >= 0.6 is 11.6 Å². The summed E-state index contributed by atoms with van der Waals surface area (Å²) in [6, 6.07) is 5.56. The number of halogens is 1. The van der Waals surface area contributed by atoms with Gasteiger partial charge in [-0.3, -0.25) is 14.3 Å². The molecule has 0 unspecified atom stereocenters. The van der Waals surface area contributed by atoms with Crippen LogP contribution in [-0.2, 0) is 13.0 Å². The number of nitrogens with one attached hydrogen (secondary N) is 2. The minimum Gasteiger partial charge on any atom is -0.348 e. The minimum atomic E-state index is -0.279. The number of aromatic amines is 1. The van der Waals surface area contributed by atoms with Crippen LogP contribution in [0.15, 0.2) is 29.2 Å². The van der Waals surface area contributed by atoms with Gasteiger partial charge in [0.2, 0.25) is 0 Å². The van der Waals surface area contributed by atoms with Gasteiger partial charge in [-0.2, -0.15) is 5.10 Å². The van der Waals surface area contributed by atoms with Crippen molar-refractivity contribution in [2.75, 3.05) is 0 Å². The second kappa shape index (κ2) is 8.19. The van der Waals surface area contributed by atoms with E-state index in [2.05, 4.69) is 22.3 Å². The Balaban J connectivity index is 1.92. The standard InChI is InChI=1S/C21H25ClN4O2/c1-5-6-14-7-13(4)25-21(28)17(14)10-23-20(27)16-8-15(22)9-19-18(16)11-24-26(19)12(2)3/h7-9,11-12H,5-6,10H2,1-4H3,(H,23,27)(H,25,28). The summed E-state index contributed by atoms with van der Waals surface area (Å²) in [5.74, 6) is -0.279. The highest BCUT2D eigenvalue weighted by Crippen LogP contribution is 2.26. The molecule has 0 radical (unpaired) electrons. The number of rotatable bonds is 6. The molecule has 0 atom stereocenters. The maximum atomic E-state index is 12.9. The summed E-state index contributed by atoms with van der Waals surface area (Å²) < 4.78 is 1.84. The third-order valence-corrected chi connectivity index (χ3v) is 4.94. The van der Waals surface area contributed by atoms with Crippen LogP contribution in [-0.4, -0.2) is 20.7 Å². The number of aryl methyl sites for hydroxylation is 2. The van der Waals surface area contributed by atoms with E-state index in [4.69, 9.17) is 11.6 Å². The number of hydrogen-bond acceptors (Lipinski definition) is 3. The minimum absolute atomic E-state index is 0.148. The third-order valence-electron chi connectivity index (χ3n) is 4.72. The summed E-state index contributed by atoms with van der Waals surface area (Å²) >= 11 is 6.25. The van der Waals surface area contributed by atoms with E-state index in [-0.39, 0.29) is 24.1 Å². The number of benzene rings is 1. The Morgan fingerprint density at radius 1 is 1.32 bits per heavy atom. The van der Waals surface area contributed by atoms with Crippen molar-refractivity contribution in [2.45, 2.75) is 53.1 Å². The molecule has 28 heavy (non-hydrogen) atoms. The van der Waals surface area contributed by atoms with Gasteiger partial charge in [0.15, 0.2) is 0 Å². The average molecular weight is 401 g/mol. The maximum Gasteiger partial charge on any atom is 0.253 e. The zero-order chi connectivity index (χ0) is 20.4. The maximum absolute atomic E-state index is 12.9. The van der Waals surface area contributed by atoms with E-state index >= 15 is 0 Å². The van der Waals surface area contributed by atoms with Crippen LogP contribution in [0.5, 0.6) is 0 Å². The van der Waals surface area contributed by atoms with Gasteiger partial charge in [0.1, 0.15) is 0 Å². The Labute approximate surface area is 168 Å². The van der Waals surface area contributed by atoms with Crippen molar-refractivity contribution in [1.82, 2.24) is 20.1 Å². The summed E-state index contributed by atoms with van der Waals surface area (Å²) in [5, 5.41) is 8.47. The lowest BCUT2D eigenvalue weighted by molar-refractivity contribution is 0.0952. The predicted octanol–water partition coefficient (Wildman–Crippen LogP) is 4.15. The molecule has 0 saturated carbocycles. The second-order valence-corrected chi connectivity index (χ2v) is 7.72. The zero-order valence-corrected chi connectivity index (χ0v) is 17.4. The highest BCUT2D eigenvalue weighted by molar-refractivity contribution is 6.32. The number of nitrogens with zero attached hydrogens (tertiary/aromatic N) is 2. The average Bonchev–Trinajstić information content (AvgIpc) is 3.04. The number of pyridine rings is 1. The van der Waals surface area contributed by atoms with Crippen LogP contribution in [0, 0.1) is 6.92 Å². The van der Waals surface area contributed by atoms with Gasteiger partial charge in [0, 0.05) is 34.3 Å². The predicted molar refractivity (Wildman–Crippen MR) is 112 cm³/mol. The van der Waals surface area contributed by atoms with Gasteiger partial charge in [-0.15, -0.1) is 0 Å². The molecule has 0 saturated heterocycles. The fourth-order valence-corrected chi connectivity index (χ4v) is 3.66. The van der Waals surface area contributed by atoms with Gasteiger partial charge in [0.05, 0.1) is 17.3 Å².